The van der Waals surface area contributed by atoms with Crippen LogP contribution in [0.3, 0.4) is 0 Å². The van der Waals surface area contributed by atoms with Crippen LogP contribution in [0.15, 0.2) is 52.8 Å². The monoisotopic (exact) mass is 397 g/mol. The molecule has 1 unspecified atom stereocenters. The Morgan fingerprint density at radius 1 is 1.21 bits per heavy atom. The van der Waals surface area contributed by atoms with Gasteiger partial charge < -0.3 is 10.1 Å². The predicted molar refractivity (Wildman–Crippen MR) is 104 cm³/mol. The molecular weight excluding hydrogens is 376 g/mol. The SMILES string of the molecule is COC(=O)C1=C(C)NC(c2ncc(F)cc2F)=NC12CC(C)(C)c1ccccc12. The first kappa shape index (κ1) is 19.2. The summed E-state index contributed by atoms with van der Waals surface area (Å²) in [6.45, 7) is 5.88. The van der Waals surface area contributed by atoms with E-state index in [0.717, 1.165) is 23.4 Å². The summed E-state index contributed by atoms with van der Waals surface area (Å²) in [5.41, 5.74) is 1.37. The van der Waals surface area contributed by atoms with E-state index in [2.05, 4.69) is 24.1 Å². The second kappa shape index (κ2) is 6.47. The molecule has 2 heterocycles. The van der Waals surface area contributed by atoms with Gasteiger partial charge in [-0.15, -0.1) is 0 Å². The molecule has 0 radical (unpaired) electrons. The number of benzene rings is 1. The minimum Gasteiger partial charge on any atom is -0.466 e. The molecule has 29 heavy (non-hydrogen) atoms. The summed E-state index contributed by atoms with van der Waals surface area (Å²) in [6.07, 6.45) is 1.44. The van der Waals surface area contributed by atoms with Crippen molar-refractivity contribution in [2.24, 2.45) is 4.99 Å². The topological polar surface area (TPSA) is 63.6 Å². The van der Waals surface area contributed by atoms with E-state index in [4.69, 9.17) is 9.73 Å². The standard InChI is InChI=1S/C22H21F2N3O2/c1-12-17(20(28)29-4)22(11-21(2,3)14-7-5-6-8-15(14)22)27-19(26-12)18-16(24)9-13(23)10-25-18/h5-10H,11H2,1-4H3,(H,26,27). The molecule has 150 valence electrons. The molecule has 0 fully saturated rings. The number of allylic oxidation sites excluding steroid dienone is 1. The maximum atomic E-state index is 14.5. The highest BCUT2D eigenvalue weighted by atomic mass is 19.1. The molecule has 4 rings (SSSR count). The van der Waals surface area contributed by atoms with Gasteiger partial charge in [0.25, 0.3) is 0 Å². The first-order valence-electron chi connectivity index (χ1n) is 9.27. The number of nitrogens with zero attached hydrogens (tertiary/aromatic N) is 2. The Bertz CT molecular complexity index is 1090. The van der Waals surface area contributed by atoms with Crippen molar-refractivity contribution < 1.29 is 18.3 Å². The lowest BCUT2D eigenvalue weighted by atomic mass is 9.79. The minimum absolute atomic E-state index is 0.101. The van der Waals surface area contributed by atoms with E-state index < -0.39 is 23.1 Å². The minimum atomic E-state index is -1.06. The third-order valence-electron chi connectivity index (χ3n) is 5.62. The molecule has 0 saturated carbocycles. The number of carbonyl (C=O) groups excluding carboxylic acids is 1. The summed E-state index contributed by atoms with van der Waals surface area (Å²) in [7, 11) is 1.32. The maximum Gasteiger partial charge on any atom is 0.338 e. The van der Waals surface area contributed by atoms with E-state index in [1.54, 1.807) is 6.92 Å². The van der Waals surface area contributed by atoms with Crippen molar-refractivity contribution in [3.05, 3.63) is 76.3 Å². The summed E-state index contributed by atoms with van der Waals surface area (Å²) in [6, 6.07) is 8.55. The Labute approximate surface area is 167 Å². The van der Waals surface area contributed by atoms with E-state index >= 15 is 0 Å². The average Bonchev–Trinajstić information content (AvgIpc) is 2.88. The summed E-state index contributed by atoms with van der Waals surface area (Å²) in [5, 5.41) is 2.97. The van der Waals surface area contributed by atoms with Gasteiger partial charge in [0.2, 0.25) is 0 Å². The van der Waals surface area contributed by atoms with Crippen molar-refractivity contribution in [1.29, 1.82) is 0 Å². The van der Waals surface area contributed by atoms with Crippen molar-refractivity contribution in [1.82, 2.24) is 10.3 Å². The number of aliphatic imine (C=N–C) groups is 1. The van der Waals surface area contributed by atoms with E-state index in [1.807, 2.05) is 24.3 Å². The zero-order valence-electron chi connectivity index (χ0n) is 16.6. The van der Waals surface area contributed by atoms with Crippen molar-refractivity contribution in [3.63, 3.8) is 0 Å². The number of hydrogen-bond acceptors (Lipinski definition) is 5. The number of esters is 1. The highest BCUT2D eigenvalue weighted by Gasteiger charge is 2.54. The van der Waals surface area contributed by atoms with Gasteiger partial charge in [-0.25, -0.2) is 23.6 Å². The number of rotatable bonds is 2. The van der Waals surface area contributed by atoms with Gasteiger partial charge >= 0.3 is 5.97 Å². The fraction of sp³-hybridized carbons (Fsp3) is 0.318. The predicted octanol–water partition coefficient (Wildman–Crippen LogP) is 3.73. The Morgan fingerprint density at radius 3 is 2.55 bits per heavy atom. The van der Waals surface area contributed by atoms with Crippen LogP contribution in [0.25, 0.3) is 0 Å². The molecule has 0 bridgehead atoms. The molecule has 1 N–H and O–H groups in total. The number of carbonyl (C=O) groups is 1. The number of hydrogen-bond donors (Lipinski definition) is 1. The lowest BCUT2D eigenvalue weighted by Gasteiger charge is -2.35. The van der Waals surface area contributed by atoms with Crippen LogP contribution in [0.1, 0.15) is 44.0 Å². The van der Waals surface area contributed by atoms with Gasteiger partial charge in [-0.2, -0.15) is 0 Å². The summed E-state index contributed by atoms with van der Waals surface area (Å²) in [4.78, 5) is 21.5. The molecule has 1 atom stereocenters. The molecule has 1 spiro atoms. The van der Waals surface area contributed by atoms with Gasteiger partial charge in [-0.1, -0.05) is 38.1 Å². The average molecular weight is 397 g/mol. The van der Waals surface area contributed by atoms with Crippen molar-refractivity contribution in [2.75, 3.05) is 7.11 Å². The van der Waals surface area contributed by atoms with E-state index in [-0.39, 0.29) is 16.9 Å². The smallest absolute Gasteiger partial charge is 0.338 e. The van der Waals surface area contributed by atoms with Crippen LogP contribution >= 0.6 is 0 Å². The van der Waals surface area contributed by atoms with Gasteiger partial charge in [0, 0.05) is 11.8 Å². The van der Waals surface area contributed by atoms with Gasteiger partial charge in [-0.05, 0) is 29.9 Å². The maximum absolute atomic E-state index is 14.5. The number of pyridine rings is 1. The van der Waals surface area contributed by atoms with Crippen molar-refractivity contribution in [3.8, 4) is 0 Å². The summed E-state index contributed by atoms with van der Waals surface area (Å²) in [5.74, 6) is -1.95. The zero-order chi connectivity index (χ0) is 21.0. The normalized spacial score (nSPS) is 22.2. The molecule has 1 aliphatic heterocycles. The molecule has 7 heteroatoms. The molecule has 1 aliphatic carbocycles. The van der Waals surface area contributed by atoms with E-state index in [0.29, 0.717) is 17.7 Å². The fourth-order valence-electron chi connectivity index (χ4n) is 4.54. The van der Waals surface area contributed by atoms with Gasteiger partial charge in [0.1, 0.15) is 17.1 Å². The number of methoxy groups -OCH3 is 1. The van der Waals surface area contributed by atoms with Crippen LogP contribution in [0.5, 0.6) is 0 Å². The molecular formula is C22H21F2N3O2. The van der Waals surface area contributed by atoms with Crippen LogP contribution < -0.4 is 5.32 Å². The third-order valence-corrected chi connectivity index (χ3v) is 5.62. The van der Waals surface area contributed by atoms with Crippen LogP contribution in [-0.4, -0.2) is 23.9 Å². The second-order valence-corrected chi connectivity index (χ2v) is 8.03. The second-order valence-electron chi connectivity index (χ2n) is 8.03. The van der Waals surface area contributed by atoms with Crippen LogP contribution in [-0.2, 0) is 20.5 Å². The Hall–Kier alpha value is -3.09. The Balaban J connectivity index is 2.00. The van der Waals surface area contributed by atoms with E-state index in [1.165, 1.54) is 7.11 Å². The summed E-state index contributed by atoms with van der Waals surface area (Å²) >= 11 is 0. The number of nitrogens with one attached hydrogen (secondary N) is 1. The van der Waals surface area contributed by atoms with Gasteiger partial charge in [0.05, 0.1) is 18.9 Å². The van der Waals surface area contributed by atoms with Crippen LogP contribution in [0.4, 0.5) is 8.78 Å². The van der Waals surface area contributed by atoms with Crippen LogP contribution in [0, 0.1) is 11.6 Å². The molecule has 0 amide bonds. The first-order chi connectivity index (χ1) is 13.7. The molecule has 2 aliphatic rings. The number of amidine groups is 1. The molecule has 0 saturated heterocycles. The molecule has 1 aromatic carbocycles. The number of aromatic nitrogens is 1. The summed E-state index contributed by atoms with van der Waals surface area (Å²) < 4.78 is 32.9. The Morgan fingerprint density at radius 2 is 1.90 bits per heavy atom. The van der Waals surface area contributed by atoms with E-state index in [9.17, 15) is 13.6 Å². The van der Waals surface area contributed by atoms with Crippen molar-refractivity contribution in [2.45, 2.75) is 38.1 Å². The Kier molecular flexibility index (Phi) is 4.29. The highest BCUT2D eigenvalue weighted by molar-refractivity contribution is 6.03. The zero-order valence-corrected chi connectivity index (χ0v) is 16.6. The number of halogens is 2. The quantitative estimate of drug-likeness (QED) is 0.785. The van der Waals surface area contributed by atoms with Gasteiger partial charge in [0.15, 0.2) is 11.7 Å². The lowest BCUT2D eigenvalue weighted by molar-refractivity contribution is -0.137. The molecule has 1 aromatic heterocycles. The largest absolute Gasteiger partial charge is 0.466 e. The fourth-order valence-corrected chi connectivity index (χ4v) is 4.54. The van der Waals surface area contributed by atoms with Crippen molar-refractivity contribution >= 4 is 11.8 Å². The van der Waals surface area contributed by atoms with Gasteiger partial charge in [-0.3, -0.25) is 0 Å². The number of ether oxygens (including phenoxy) is 1. The molecule has 5 nitrogen and oxygen atoms in total. The highest BCUT2D eigenvalue weighted by Crippen LogP contribution is 2.55. The lowest BCUT2D eigenvalue weighted by Crippen LogP contribution is -2.42. The molecule has 2 aromatic rings. The van der Waals surface area contributed by atoms with Crippen LogP contribution in [0.2, 0.25) is 0 Å². The number of fused-ring (bicyclic) bond motifs is 2. The third kappa shape index (κ3) is 2.84. The first-order valence-corrected chi connectivity index (χ1v) is 9.27.